The van der Waals surface area contributed by atoms with Gasteiger partial charge in [-0.25, -0.2) is 4.98 Å². The van der Waals surface area contributed by atoms with E-state index >= 15 is 0 Å². The second kappa shape index (κ2) is 10.0. The Morgan fingerprint density at radius 1 is 1.00 bits per heavy atom. The largest absolute Gasteiger partial charge is 0.497 e. The first-order chi connectivity index (χ1) is 19.0. The van der Waals surface area contributed by atoms with Crippen LogP contribution in [0.1, 0.15) is 0 Å². The van der Waals surface area contributed by atoms with Gasteiger partial charge >= 0.3 is 0 Å². The van der Waals surface area contributed by atoms with Gasteiger partial charge in [-0.2, -0.15) is 9.78 Å². The summed E-state index contributed by atoms with van der Waals surface area (Å²) in [6, 6.07) is 17.2. The summed E-state index contributed by atoms with van der Waals surface area (Å²) in [5.74, 6) is 0.922. The van der Waals surface area contributed by atoms with Gasteiger partial charge in [0.15, 0.2) is 0 Å². The third kappa shape index (κ3) is 4.48. The minimum absolute atomic E-state index is 0.0804. The Morgan fingerprint density at radius 2 is 1.77 bits per heavy atom. The normalized spacial score (nSPS) is 13.5. The molecule has 196 valence electrons. The highest BCUT2D eigenvalue weighted by molar-refractivity contribution is 5.95. The van der Waals surface area contributed by atoms with Crippen molar-refractivity contribution in [1.82, 2.24) is 14.8 Å². The van der Waals surface area contributed by atoms with Crippen molar-refractivity contribution >= 4 is 22.1 Å². The summed E-state index contributed by atoms with van der Waals surface area (Å²) < 4.78 is 17.6. The standard InChI is InChI=1S/C28H23N5O6/c1-37-21-15-18(14-19(16-21)27-29-8-11-39-27)26-22-4-2-3-5-23(22)28(34)32(30-26)25-17-20(6-7-24(25)33(35)36)31-9-12-38-13-10-31/h2-8,11,14-17H,9-10,12-13H2,1H3. The molecule has 39 heavy (non-hydrogen) atoms. The van der Waals surface area contributed by atoms with Crippen molar-refractivity contribution < 1.29 is 18.8 Å². The summed E-state index contributed by atoms with van der Waals surface area (Å²) in [4.78, 5) is 31.6. The number of anilines is 1. The molecule has 0 aliphatic carbocycles. The number of morpholine rings is 1. The summed E-state index contributed by atoms with van der Waals surface area (Å²) in [5.41, 5.74) is 1.86. The molecule has 0 spiro atoms. The number of ether oxygens (including phenoxy) is 2. The average molecular weight is 526 g/mol. The maximum Gasteiger partial charge on any atom is 0.295 e. The topological polar surface area (TPSA) is 126 Å². The highest BCUT2D eigenvalue weighted by Gasteiger charge is 2.23. The molecule has 6 rings (SSSR count). The molecule has 11 nitrogen and oxygen atoms in total. The van der Waals surface area contributed by atoms with Gasteiger partial charge in [0.25, 0.3) is 11.2 Å². The fourth-order valence-electron chi connectivity index (χ4n) is 4.76. The Labute approximate surface area is 222 Å². The van der Waals surface area contributed by atoms with Crippen molar-refractivity contribution in [2.24, 2.45) is 0 Å². The second-order valence-corrected chi connectivity index (χ2v) is 8.93. The Kier molecular flexibility index (Phi) is 6.25. The third-order valence-corrected chi connectivity index (χ3v) is 6.66. The molecule has 3 aromatic carbocycles. The monoisotopic (exact) mass is 525 g/mol. The molecule has 0 unspecified atom stereocenters. The maximum absolute atomic E-state index is 13.7. The van der Waals surface area contributed by atoms with Crippen molar-refractivity contribution in [3.05, 3.63) is 93.6 Å². The zero-order valence-corrected chi connectivity index (χ0v) is 20.9. The van der Waals surface area contributed by atoms with E-state index in [0.717, 1.165) is 10.4 Å². The number of aromatic nitrogens is 3. The van der Waals surface area contributed by atoms with E-state index in [1.165, 1.54) is 12.3 Å². The van der Waals surface area contributed by atoms with E-state index in [4.69, 9.17) is 19.0 Å². The van der Waals surface area contributed by atoms with E-state index in [0.29, 0.717) is 65.5 Å². The lowest BCUT2D eigenvalue weighted by Crippen LogP contribution is -2.36. The molecule has 1 saturated heterocycles. The molecule has 1 aliphatic heterocycles. The zero-order valence-electron chi connectivity index (χ0n) is 20.9. The van der Waals surface area contributed by atoms with E-state index in [1.807, 2.05) is 12.1 Å². The molecule has 1 fully saturated rings. The summed E-state index contributed by atoms with van der Waals surface area (Å²) in [7, 11) is 1.55. The first-order valence-electron chi connectivity index (χ1n) is 12.3. The number of hydrogen-bond donors (Lipinski definition) is 0. The van der Waals surface area contributed by atoms with Crippen LogP contribution in [0.2, 0.25) is 0 Å². The molecule has 1 aliphatic rings. The molecule has 0 bridgehead atoms. The van der Waals surface area contributed by atoms with Crippen LogP contribution in [0, 0.1) is 10.1 Å². The number of hydrogen-bond acceptors (Lipinski definition) is 9. The predicted molar refractivity (Wildman–Crippen MR) is 145 cm³/mol. The molecule has 0 saturated carbocycles. The number of fused-ring (bicyclic) bond motifs is 1. The van der Waals surface area contributed by atoms with Gasteiger partial charge in [-0.1, -0.05) is 18.2 Å². The Morgan fingerprint density at radius 3 is 2.49 bits per heavy atom. The van der Waals surface area contributed by atoms with Crippen LogP contribution in [-0.2, 0) is 4.74 Å². The molecule has 11 heteroatoms. The first-order valence-corrected chi connectivity index (χ1v) is 12.3. The smallest absolute Gasteiger partial charge is 0.295 e. The van der Waals surface area contributed by atoms with Gasteiger partial charge < -0.3 is 18.8 Å². The molecule has 3 heterocycles. The quantitative estimate of drug-likeness (QED) is 0.233. The van der Waals surface area contributed by atoms with E-state index < -0.39 is 10.5 Å². The van der Waals surface area contributed by atoms with Crippen LogP contribution in [0.25, 0.3) is 39.2 Å². The van der Waals surface area contributed by atoms with Crippen LogP contribution in [0.5, 0.6) is 5.75 Å². The van der Waals surface area contributed by atoms with Gasteiger partial charge in [0.05, 0.1) is 42.5 Å². The first kappa shape index (κ1) is 24.3. The minimum atomic E-state index is -0.506. The fourth-order valence-corrected chi connectivity index (χ4v) is 4.76. The molecular formula is C28H23N5O6. The number of oxazole rings is 1. The zero-order chi connectivity index (χ0) is 26.9. The van der Waals surface area contributed by atoms with Crippen LogP contribution < -0.4 is 15.2 Å². The van der Waals surface area contributed by atoms with E-state index in [9.17, 15) is 14.9 Å². The van der Waals surface area contributed by atoms with E-state index in [-0.39, 0.29) is 11.4 Å². The number of nitrogens with zero attached hydrogens (tertiary/aromatic N) is 5. The summed E-state index contributed by atoms with van der Waals surface area (Å²) in [6.45, 7) is 2.37. The van der Waals surface area contributed by atoms with Crippen LogP contribution >= 0.6 is 0 Å². The van der Waals surface area contributed by atoms with E-state index in [1.54, 1.807) is 55.8 Å². The summed E-state index contributed by atoms with van der Waals surface area (Å²) in [5, 5.41) is 17.7. The third-order valence-electron chi connectivity index (χ3n) is 6.66. The van der Waals surface area contributed by atoms with Gasteiger partial charge in [0, 0.05) is 41.4 Å². The minimum Gasteiger partial charge on any atom is -0.497 e. The molecular weight excluding hydrogens is 502 g/mol. The van der Waals surface area contributed by atoms with Crippen LogP contribution in [0.15, 0.2) is 82.3 Å². The predicted octanol–water partition coefficient (Wildman–Crippen LogP) is 4.46. The summed E-state index contributed by atoms with van der Waals surface area (Å²) >= 11 is 0. The van der Waals surface area contributed by atoms with Crippen molar-refractivity contribution in [3.63, 3.8) is 0 Å². The average Bonchev–Trinajstić information content (AvgIpc) is 3.53. The number of rotatable bonds is 6. The highest BCUT2D eigenvalue weighted by atomic mass is 16.6. The summed E-state index contributed by atoms with van der Waals surface area (Å²) in [6.07, 6.45) is 3.02. The van der Waals surface area contributed by atoms with Crippen molar-refractivity contribution in [2.45, 2.75) is 0 Å². The molecule has 2 aromatic heterocycles. The van der Waals surface area contributed by atoms with Gasteiger partial charge in [0.2, 0.25) is 5.89 Å². The lowest BCUT2D eigenvalue weighted by Gasteiger charge is -2.29. The fraction of sp³-hybridized carbons (Fsp3) is 0.179. The molecule has 0 amide bonds. The van der Waals surface area contributed by atoms with E-state index in [2.05, 4.69) is 9.88 Å². The van der Waals surface area contributed by atoms with Crippen LogP contribution in [0.3, 0.4) is 0 Å². The van der Waals surface area contributed by atoms with Crippen LogP contribution in [-0.4, -0.2) is 53.1 Å². The van der Waals surface area contributed by atoms with Crippen LogP contribution in [0.4, 0.5) is 11.4 Å². The number of nitro groups is 1. The van der Waals surface area contributed by atoms with Gasteiger partial charge in [-0.05, 0) is 36.4 Å². The van der Waals surface area contributed by atoms with Crippen molar-refractivity contribution in [1.29, 1.82) is 0 Å². The Bertz CT molecular complexity index is 1740. The lowest BCUT2D eigenvalue weighted by atomic mass is 10.0. The van der Waals surface area contributed by atoms with Crippen molar-refractivity contribution in [2.75, 3.05) is 38.3 Å². The lowest BCUT2D eigenvalue weighted by molar-refractivity contribution is -0.384. The molecule has 0 radical (unpaired) electrons. The molecule has 0 atom stereocenters. The number of methoxy groups -OCH3 is 1. The Hall–Kier alpha value is -5.03. The molecule has 5 aromatic rings. The van der Waals surface area contributed by atoms with Gasteiger partial charge in [0.1, 0.15) is 17.7 Å². The highest BCUT2D eigenvalue weighted by Crippen LogP contribution is 2.34. The Balaban J connectivity index is 1.61. The maximum atomic E-state index is 13.7. The second-order valence-electron chi connectivity index (χ2n) is 8.93. The number of benzene rings is 3. The van der Waals surface area contributed by atoms with Gasteiger partial charge in [-0.3, -0.25) is 14.9 Å². The number of nitro benzene ring substituents is 1. The molecule has 0 N–H and O–H groups in total. The van der Waals surface area contributed by atoms with Gasteiger partial charge in [-0.15, -0.1) is 0 Å². The van der Waals surface area contributed by atoms with Crippen molar-refractivity contribution in [3.8, 4) is 34.1 Å². The SMILES string of the molecule is COc1cc(-c2ncco2)cc(-c2nn(-c3cc(N4CCOCC4)ccc3[N+](=O)[O-])c(=O)c3ccccc23)c1.